The van der Waals surface area contributed by atoms with Gasteiger partial charge in [-0.15, -0.1) is 0 Å². The Balaban J connectivity index is 1.40. The van der Waals surface area contributed by atoms with Crippen molar-refractivity contribution in [3.63, 3.8) is 0 Å². The number of aromatic amines is 1. The lowest BCUT2D eigenvalue weighted by molar-refractivity contribution is -0.245. The third-order valence-corrected chi connectivity index (χ3v) is 5.74. The summed E-state index contributed by atoms with van der Waals surface area (Å²) in [4.78, 5) is 40.5. The Kier molecular flexibility index (Phi) is 5.82. The van der Waals surface area contributed by atoms with Gasteiger partial charge in [-0.25, -0.2) is 15.0 Å². The van der Waals surface area contributed by atoms with Crippen molar-refractivity contribution in [2.24, 2.45) is 0 Å². The van der Waals surface area contributed by atoms with Crippen LogP contribution in [0.1, 0.15) is 43.1 Å². The van der Waals surface area contributed by atoms with Crippen LogP contribution < -0.4 is 10.6 Å². The fraction of sp³-hybridized carbons (Fsp3) is 0.450. The molecule has 33 heavy (non-hydrogen) atoms. The molecular formula is C20H22F3N7O3. The lowest BCUT2D eigenvalue weighted by Gasteiger charge is -2.32. The number of carbonyl (C=O) groups is 2. The Morgan fingerprint density at radius 3 is 2.42 bits per heavy atom. The summed E-state index contributed by atoms with van der Waals surface area (Å²) in [6.45, 7) is 0.426. The Hall–Kier alpha value is -3.48. The predicted molar refractivity (Wildman–Crippen MR) is 109 cm³/mol. The Bertz CT molecular complexity index is 1150. The molecule has 13 heteroatoms. The third-order valence-electron chi connectivity index (χ3n) is 5.74. The van der Waals surface area contributed by atoms with Crippen LogP contribution in [-0.2, 0) is 4.79 Å². The summed E-state index contributed by atoms with van der Waals surface area (Å²) < 4.78 is 40.1. The molecule has 4 rings (SSSR count). The average Bonchev–Trinajstić information content (AvgIpc) is 3.45. The van der Waals surface area contributed by atoms with E-state index in [2.05, 4.69) is 30.6 Å². The van der Waals surface area contributed by atoms with Gasteiger partial charge in [-0.05, 0) is 38.7 Å². The molecule has 1 saturated carbocycles. The minimum atomic E-state index is -5.07. The molecule has 0 bridgehead atoms. The second kappa shape index (κ2) is 8.46. The van der Waals surface area contributed by atoms with E-state index in [4.69, 9.17) is 0 Å². The number of nitrogens with one attached hydrogen (secondary N) is 3. The summed E-state index contributed by atoms with van der Waals surface area (Å²) in [5.41, 5.74) is -2.27. The van der Waals surface area contributed by atoms with Crippen LogP contribution in [-0.4, -0.2) is 65.3 Å². The second-order valence-electron chi connectivity index (χ2n) is 8.15. The minimum Gasteiger partial charge on any atom is -0.373 e. The number of carbonyl (C=O) groups excluding carboxylic acids is 2. The van der Waals surface area contributed by atoms with Crippen molar-refractivity contribution in [3.8, 4) is 5.95 Å². The monoisotopic (exact) mass is 465 g/mol. The van der Waals surface area contributed by atoms with Gasteiger partial charge in [-0.1, -0.05) is 0 Å². The summed E-state index contributed by atoms with van der Waals surface area (Å²) in [5.74, 6) is -1.61. The van der Waals surface area contributed by atoms with Crippen LogP contribution in [0.3, 0.4) is 0 Å². The van der Waals surface area contributed by atoms with Crippen molar-refractivity contribution >= 4 is 22.8 Å². The van der Waals surface area contributed by atoms with Gasteiger partial charge in [0.25, 0.3) is 11.8 Å². The van der Waals surface area contributed by atoms with Gasteiger partial charge in [-0.3, -0.25) is 14.2 Å². The molecular weight excluding hydrogens is 443 g/mol. The van der Waals surface area contributed by atoms with Crippen molar-refractivity contribution in [1.29, 1.82) is 0 Å². The third kappa shape index (κ3) is 4.53. The van der Waals surface area contributed by atoms with E-state index in [1.54, 1.807) is 29.2 Å². The molecule has 2 amide bonds. The number of halogens is 3. The van der Waals surface area contributed by atoms with Crippen LogP contribution in [0.15, 0.2) is 31.0 Å². The molecule has 0 unspecified atom stereocenters. The van der Waals surface area contributed by atoms with Gasteiger partial charge in [0.05, 0.1) is 11.0 Å². The number of H-pyrrole nitrogens is 1. The van der Waals surface area contributed by atoms with E-state index in [1.165, 1.54) is 6.33 Å². The molecule has 3 heterocycles. The highest BCUT2D eigenvalue weighted by molar-refractivity contribution is 6.03. The number of rotatable bonds is 5. The van der Waals surface area contributed by atoms with E-state index < -0.39 is 29.6 Å². The second-order valence-corrected chi connectivity index (χ2v) is 8.15. The molecule has 176 valence electrons. The number of hydrogen-bond donors (Lipinski definition) is 4. The Labute approximate surface area is 185 Å². The van der Waals surface area contributed by atoms with Gasteiger partial charge < -0.3 is 20.7 Å². The van der Waals surface area contributed by atoms with E-state index in [0.717, 1.165) is 0 Å². The van der Waals surface area contributed by atoms with Crippen molar-refractivity contribution in [1.82, 2.24) is 35.1 Å². The largest absolute Gasteiger partial charge is 0.426 e. The number of nitrogens with zero attached hydrogens (tertiary/aromatic N) is 4. The van der Waals surface area contributed by atoms with Gasteiger partial charge in [0, 0.05) is 30.7 Å². The minimum absolute atomic E-state index is 0.158. The number of aliphatic hydroxyl groups is 1. The molecule has 1 atom stereocenters. The van der Waals surface area contributed by atoms with Crippen LogP contribution in [0.2, 0.25) is 0 Å². The summed E-state index contributed by atoms with van der Waals surface area (Å²) in [5, 5.41) is 14.7. The van der Waals surface area contributed by atoms with Gasteiger partial charge in [0.15, 0.2) is 5.69 Å². The SMILES string of the molecule is C[C@@](O)(C(=O)NC1CCC(NC(=O)c2nc(-n3ccnc3)nc3cc[nH]c23)CC1)C(F)(F)F. The zero-order chi connectivity index (χ0) is 23.8. The number of imidazole rings is 1. The lowest BCUT2D eigenvalue weighted by Crippen LogP contribution is -2.57. The van der Waals surface area contributed by atoms with Crippen molar-refractivity contribution < 1.29 is 27.9 Å². The van der Waals surface area contributed by atoms with E-state index in [0.29, 0.717) is 43.6 Å². The van der Waals surface area contributed by atoms with Crippen LogP contribution in [0.4, 0.5) is 13.2 Å². The molecule has 0 saturated heterocycles. The molecule has 3 aromatic heterocycles. The standard InChI is InChI=1S/C20H22F3N7O3/c1-19(33,20(21,22)23)17(32)27-12-4-2-11(3-5-12)26-16(31)15-14-13(6-7-25-14)28-18(29-15)30-9-8-24-10-30/h6-12,25,33H,2-5H2,1H3,(H,26,31)(H,27,32)/t11?,12?,19-/m1/s1. The van der Waals surface area contributed by atoms with Gasteiger partial charge in [-0.2, -0.15) is 13.2 Å². The molecule has 1 aliphatic carbocycles. The van der Waals surface area contributed by atoms with E-state index in [9.17, 15) is 27.9 Å². The first kappa shape index (κ1) is 22.7. The summed E-state index contributed by atoms with van der Waals surface area (Å²) in [6.07, 6.45) is 2.91. The summed E-state index contributed by atoms with van der Waals surface area (Å²) >= 11 is 0. The van der Waals surface area contributed by atoms with E-state index in [1.807, 2.05) is 0 Å². The molecule has 0 spiro atoms. The van der Waals surface area contributed by atoms with Crippen LogP contribution in [0.5, 0.6) is 0 Å². The maximum atomic E-state index is 13.0. The van der Waals surface area contributed by atoms with Crippen molar-refractivity contribution in [2.45, 2.75) is 56.5 Å². The van der Waals surface area contributed by atoms with Crippen LogP contribution >= 0.6 is 0 Å². The number of hydrogen-bond acceptors (Lipinski definition) is 6. The van der Waals surface area contributed by atoms with Gasteiger partial charge >= 0.3 is 6.18 Å². The molecule has 0 aromatic carbocycles. The predicted octanol–water partition coefficient (Wildman–Crippen LogP) is 1.61. The van der Waals surface area contributed by atoms with E-state index in [-0.39, 0.29) is 17.7 Å². The molecule has 3 aromatic rings. The Morgan fingerprint density at radius 2 is 1.82 bits per heavy atom. The van der Waals surface area contributed by atoms with Crippen molar-refractivity contribution in [2.75, 3.05) is 0 Å². The normalized spacial score (nSPS) is 20.9. The number of amides is 2. The molecule has 10 nitrogen and oxygen atoms in total. The Morgan fingerprint density at radius 1 is 1.15 bits per heavy atom. The first-order chi connectivity index (χ1) is 15.6. The fourth-order valence-electron chi connectivity index (χ4n) is 3.68. The zero-order valence-corrected chi connectivity index (χ0v) is 17.6. The highest BCUT2D eigenvalue weighted by atomic mass is 19.4. The highest BCUT2D eigenvalue weighted by Gasteiger charge is 2.56. The quantitative estimate of drug-likeness (QED) is 0.452. The first-order valence-electron chi connectivity index (χ1n) is 10.3. The highest BCUT2D eigenvalue weighted by Crippen LogP contribution is 2.31. The zero-order valence-electron chi connectivity index (χ0n) is 17.6. The number of fused-ring (bicyclic) bond motifs is 1. The summed E-state index contributed by atoms with van der Waals surface area (Å²) in [7, 11) is 0. The molecule has 0 aliphatic heterocycles. The molecule has 1 aliphatic rings. The van der Waals surface area contributed by atoms with E-state index >= 15 is 0 Å². The van der Waals surface area contributed by atoms with Crippen molar-refractivity contribution in [3.05, 3.63) is 36.7 Å². The average molecular weight is 465 g/mol. The van der Waals surface area contributed by atoms with Crippen LogP contribution in [0.25, 0.3) is 17.0 Å². The van der Waals surface area contributed by atoms with Gasteiger partial charge in [0.1, 0.15) is 6.33 Å². The summed E-state index contributed by atoms with van der Waals surface area (Å²) in [6, 6.07) is 0.949. The van der Waals surface area contributed by atoms with Gasteiger partial charge in [0.2, 0.25) is 11.5 Å². The topological polar surface area (TPSA) is 138 Å². The van der Waals surface area contributed by atoms with Crippen LogP contribution in [0, 0.1) is 0 Å². The molecule has 4 N–H and O–H groups in total. The fourth-order valence-corrected chi connectivity index (χ4v) is 3.68. The molecule has 0 radical (unpaired) electrons. The first-order valence-corrected chi connectivity index (χ1v) is 10.3. The lowest BCUT2D eigenvalue weighted by atomic mass is 9.90. The maximum Gasteiger partial charge on any atom is 0.426 e. The smallest absolute Gasteiger partial charge is 0.373 e. The number of alkyl halides is 3. The number of aromatic nitrogens is 5. The maximum absolute atomic E-state index is 13.0. The molecule has 1 fully saturated rings.